The third kappa shape index (κ3) is 2.97. The van der Waals surface area contributed by atoms with Gasteiger partial charge in [0.1, 0.15) is 5.03 Å². The van der Waals surface area contributed by atoms with Gasteiger partial charge in [-0.15, -0.1) is 11.3 Å². The van der Waals surface area contributed by atoms with E-state index in [9.17, 15) is 4.79 Å². The first-order chi connectivity index (χ1) is 10.7. The number of thiophene rings is 1. The Morgan fingerprint density at radius 3 is 2.82 bits per heavy atom. The van der Waals surface area contributed by atoms with Gasteiger partial charge in [-0.2, -0.15) is 0 Å². The molecule has 3 aromatic rings. The summed E-state index contributed by atoms with van der Waals surface area (Å²) in [4.78, 5) is 21.8. The molecule has 0 aliphatic carbocycles. The Morgan fingerprint density at radius 1 is 1.23 bits per heavy atom. The van der Waals surface area contributed by atoms with Crippen LogP contribution in [0.25, 0.3) is 10.2 Å². The van der Waals surface area contributed by atoms with E-state index in [1.807, 2.05) is 35.9 Å². The molecule has 0 aliphatic heterocycles. The molecule has 2 aromatic heterocycles. The molecule has 0 saturated carbocycles. The maximum absolute atomic E-state index is 11.9. The molecular weight excluding hydrogens is 336 g/mol. The number of methoxy groups -OCH3 is 1. The highest BCUT2D eigenvalue weighted by Crippen LogP contribution is 2.36. The van der Waals surface area contributed by atoms with Gasteiger partial charge in [0.25, 0.3) is 0 Å². The van der Waals surface area contributed by atoms with Crippen LogP contribution in [0.1, 0.15) is 10.4 Å². The fourth-order valence-electron chi connectivity index (χ4n) is 1.92. The maximum Gasteiger partial charge on any atom is 0.339 e. The van der Waals surface area contributed by atoms with E-state index in [-0.39, 0.29) is 5.97 Å². The second kappa shape index (κ2) is 6.68. The van der Waals surface area contributed by atoms with Crippen LogP contribution >= 0.6 is 34.9 Å². The van der Waals surface area contributed by atoms with Crippen molar-refractivity contribution < 1.29 is 9.53 Å². The summed E-state index contributed by atoms with van der Waals surface area (Å²) >= 11 is 4.57. The van der Waals surface area contributed by atoms with Crippen molar-refractivity contribution in [2.24, 2.45) is 0 Å². The number of carbonyl (C=O) groups is 1. The molecule has 112 valence electrons. The van der Waals surface area contributed by atoms with Crippen molar-refractivity contribution in [1.82, 2.24) is 9.97 Å². The molecule has 0 radical (unpaired) electrons. The quantitative estimate of drug-likeness (QED) is 0.302. The first kappa shape index (κ1) is 15.3. The van der Waals surface area contributed by atoms with Crippen LogP contribution < -0.4 is 0 Å². The first-order valence-corrected chi connectivity index (χ1v) is 9.29. The van der Waals surface area contributed by atoms with Gasteiger partial charge in [-0.1, -0.05) is 35.7 Å². The van der Waals surface area contributed by atoms with E-state index < -0.39 is 0 Å². The zero-order valence-corrected chi connectivity index (χ0v) is 14.3. The number of ether oxygens (including phenoxy) is 1. The van der Waals surface area contributed by atoms with E-state index >= 15 is 0 Å². The summed E-state index contributed by atoms with van der Waals surface area (Å²) in [5, 5.41) is 3.59. The van der Waals surface area contributed by atoms with E-state index in [1.54, 1.807) is 17.4 Å². The molecule has 0 N–H and O–H groups in total. The lowest BCUT2D eigenvalue weighted by molar-refractivity contribution is 0.0597. The summed E-state index contributed by atoms with van der Waals surface area (Å²) in [5.74, 6) is -0.343. The van der Waals surface area contributed by atoms with Gasteiger partial charge in [0.2, 0.25) is 0 Å². The summed E-state index contributed by atoms with van der Waals surface area (Å²) < 4.78 is 5.88. The van der Waals surface area contributed by atoms with E-state index in [4.69, 9.17) is 4.74 Å². The molecule has 0 aliphatic rings. The number of esters is 1. The van der Waals surface area contributed by atoms with Crippen LogP contribution in [-0.4, -0.2) is 29.3 Å². The number of benzene rings is 1. The van der Waals surface area contributed by atoms with Crippen LogP contribution in [0.2, 0.25) is 0 Å². The Balaban J connectivity index is 2.07. The van der Waals surface area contributed by atoms with Gasteiger partial charge >= 0.3 is 5.97 Å². The van der Waals surface area contributed by atoms with Gasteiger partial charge in [-0.25, -0.2) is 14.8 Å². The average molecular weight is 348 g/mol. The molecule has 4 nitrogen and oxygen atoms in total. The van der Waals surface area contributed by atoms with Crippen molar-refractivity contribution in [2.45, 2.75) is 15.1 Å². The minimum atomic E-state index is -0.343. The van der Waals surface area contributed by atoms with Crippen LogP contribution in [0.15, 0.2) is 50.8 Å². The van der Waals surface area contributed by atoms with Crippen LogP contribution in [-0.2, 0) is 4.74 Å². The lowest BCUT2D eigenvalue weighted by Gasteiger charge is -2.08. The van der Waals surface area contributed by atoms with E-state index in [0.29, 0.717) is 5.56 Å². The largest absolute Gasteiger partial charge is 0.465 e. The van der Waals surface area contributed by atoms with Gasteiger partial charge in [0.05, 0.1) is 22.9 Å². The Kier molecular flexibility index (Phi) is 4.66. The number of rotatable bonds is 4. The third-order valence-electron chi connectivity index (χ3n) is 2.93. The smallest absolute Gasteiger partial charge is 0.339 e. The van der Waals surface area contributed by atoms with Crippen molar-refractivity contribution in [2.75, 3.05) is 13.4 Å². The molecule has 2 heterocycles. The maximum atomic E-state index is 11.9. The third-order valence-corrected chi connectivity index (χ3v) is 5.59. The molecule has 0 bridgehead atoms. The summed E-state index contributed by atoms with van der Waals surface area (Å²) in [5.41, 5.74) is 1.48. The number of hydrogen-bond donors (Lipinski definition) is 0. The van der Waals surface area contributed by atoms with E-state index in [1.165, 1.54) is 30.6 Å². The molecule has 0 unspecified atom stereocenters. The SMILES string of the molecule is COC(=O)c1ccccc1Sc1nc(SC)nc2ccsc12. The fraction of sp³-hybridized carbons (Fsp3) is 0.133. The van der Waals surface area contributed by atoms with Crippen molar-refractivity contribution in [1.29, 1.82) is 0 Å². The number of aromatic nitrogens is 2. The molecule has 0 amide bonds. The molecule has 7 heteroatoms. The van der Waals surface area contributed by atoms with Crippen LogP contribution in [0, 0.1) is 0 Å². The minimum absolute atomic E-state index is 0.343. The monoisotopic (exact) mass is 348 g/mol. The van der Waals surface area contributed by atoms with Crippen molar-refractivity contribution in [3.8, 4) is 0 Å². The summed E-state index contributed by atoms with van der Waals surface area (Å²) in [6, 6.07) is 9.37. The predicted octanol–water partition coefficient (Wildman–Crippen LogP) is 4.35. The number of carbonyl (C=O) groups excluding carboxylic acids is 1. The van der Waals surface area contributed by atoms with Crippen molar-refractivity contribution in [3.05, 3.63) is 41.3 Å². The number of nitrogens with zero attached hydrogens (tertiary/aromatic N) is 2. The highest BCUT2D eigenvalue weighted by molar-refractivity contribution is 8.00. The summed E-state index contributed by atoms with van der Waals surface area (Å²) in [7, 11) is 1.39. The number of thioether (sulfide) groups is 1. The van der Waals surface area contributed by atoms with Gasteiger partial charge in [0.15, 0.2) is 5.16 Å². The van der Waals surface area contributed by atoms with E-state index in [0.717, 1.165) is 25.3 Å². The predicted molar refractivity (Wildman–Crippen MR) is 91.1 cm³/mol. The topological polar surface area (TPSA) is 52.1 Å². The summed E-state index contributed by atoms with van der Waals surface area (Å²) in [6.45, 7) is 0. The highest BCUT2D eigenvalue weighted by Gasteiger charge is 2.16. The molecule has 0 saturated heterocycles. The molecule has 3 rings (SSSR count). The van der Waals surface area contributed by atoms with Crippen molar-refractivity contribution in [3.63, 3.8) is 0 Å². The van der Waals surface area contributed by atoms with E-state index in [2.05, 4.69) is 9.97 Å². The Hall–Kier alpha value is -1.57. The van der Waals surface area contributed by atoms with Gasteiger partial charge in [0, 0.05) is 4.90 Å². The second-order valence-corrected chi connectivity index (χ2v) is 6.96. The Morgan fingerprint density at radius 2 is 2.05 bits per heavy atom. The van der Waals surface area contributed by atoms with Crippen LogP contribution in [0.4, 0.5) is 0 Å². The van der Waals surface area contributed by atoms with Crippen LogP contribution in [0.3, 0.4) is 0 Å². The normalized spacial score (nSPS) is 10.8. The van der Waals surface area contributed by atoms with Gasteiger partial charge in [-0.05, 0) is 29.8 Å². The highest BCUT2D eigenvalue weighted by atomic mass is 32.2. The zero-order valence-electron chi connectivity index (χ0n) is 11.9. The lowest BCUT2D eigenvalue weighted by atomic mass is 10.2. The molecule has 0 atom stereocenters. The molecule has 1 aromatic carbocycles. The second-order valence-electron chi connectivity index (χ2n) is 4.24. The Labute approximate surface area is 140 Å². The molecule has 0 spiro atoms. The molecule has 0 fully saturated rings. The average Bonchev–Trinajstić information content (AvgIpc) is 3.03. The lowest BCUT2D eigenvalue weighted by Crippen LogP contribution is -2.02. The minimum Gasteiger partial charge on any atom is -0.465 e. The van der Waals surface area contributed by atoms with Gasteiger partial charge < -0.3 is 4.74 Å². The van der Waals surface area contributed by atoms with Crippen LogP contribution in [0.5, 0.6) is 0 Å². The molecule has 22 heavy (non-hydrogen) atoms. The number of fused-ring (bicyclic) bond motifs is 1. The fourth-order valence-corrected chi connectivity index (χ4v) is 4.27. The Bertz CT molecular complexity index is 833. The first-order valence-electron chi connectivity index (χ1n) is 6.37. The zero-order chi connectivity index (χ0) is 15.5. The molecular formula is C15H12N2O2S3. The standard InChI is InChI=1S/C15H12N2O2S3/c1-19-14(18)9-5-3-4-6-11(9)22-13-12-10(7-8-21-12)16-15(17-13)20-2/h3-8H,1-2H3. The number of hydrogen-bond acceptors (Lipinski definition) is 7. The summed E-state index contributed by atoms with van der Waals surface area (Å²) in [6.07, 6.45) is 1.95. The van der Waals surface area contributed by atoms with Gasteiger partial charge in [-0.3, -0.25) is 0 Å². The van der Waals surface area contributed by atoms with Crippen molar-refractivity contribution >= 4 is 51.0 Å².